The van der Waals surface area contributed by atoms with Gasteiger partial charge in [-0.25, -0.2) is 4.98 Å². The van der Waals surface area contributed by atoms with Crippen molar-refractivity contribution < 1.29 is 0 Å². The summed E-state index contributed by atoms with van der Waals surface area (Å²) < 4.78 is 2.32. The van der Waals surface area contributed by atoms with Crippen molar-refractivity contribution in [1.82, 2.24) is 19.5 Å². The highest BCUT2D eigenvalue weighted by atomic mass is 79.9. The predicted octanol–water partition coefficient (Wildman–Crippen LogP) is 6.81. The maximum atomic E-state index is 4.70. The van der Waals surface area contributed by atoms with E-state index in [0.717, 1.165) is 33.9 Å². The monoisotopic (exact) mass is 544 g/mol. The number of rotatable bonds is 3. The van der Waals surface area contributed by atoms with Gasteiger partial charge < -0.3 is 4.57 Å². The summed E-state index contributed by atoms with van der Waals surface area (Å²) in [6.45, 7) is 5.04. The molecule has 1 aliphatic rings. The number of alkyl halides is 2. The smallest absolute Gasteiger partial charge is 0.169 e. The van der Waals surface area contributed by atoms with Crippen molar-refractivity contribution in [2.75, 3.05) is 5.33 Å². The van der Waals surface area contributed by atoms with Crippen LogP contribution in [0.5, 0.6) is 0 Å². The second-order valence-electron chi connectivity index (χ2n) is 7.13. The van der Waals surface area contributed by atoms with Crippen LogP contribution in [0.25, 0.3) is 11.0 Å². The average Bonchev–Trinajstić information content (AvgIpc) is 3.32. The van der Waals surface area contributed by atoms with E-state index in [9.17, 15) is 0 Å². The summed E-state index contributed by atoms with van der Waals surface area (Å²) in [5.41, 5.74) is 7.04. The summed E-state index contributed by atoms with van der Waals surface area (Å²) in [5, 5.41) is 2.47. The number of halogens is 2. The Labute approximate surface area is 197 Å². The van der Waals surface area contributed by atoms with Crippen LogP contribution in [0.4, 0.5) is 0 Å². The van der Waals surface area contributed by atoms with Gasteiger partial charge in [-0.15, -0.1) is 0 Å². The number of aromatic nitrogens is 4. The Morgan fingerprint density at radius 1 is 1.10 bits per heavy atom. The van der Waals surface area contributed by atoms with Crippen LogP contribution in [0.1, 0.15) is 32.6 Å². The van der Waals surface area contributed by atoms with E-state index in [0.29, 0.717) is 10.1 Å². The molecule has 0 fully saturated rings. The molecule has 30 heavy (non-hydrogen) atoms. The molecule has 154 valence electrons. The quantitative estimate of drug-likeness (QED) is 0.265. The van der Waals surface area contributed by atoms with Gasteiger partial charge in [0, 0.05) is 35.7 Å². The van der Waals surface area contributed by atoms with E-state index in [2.05, 4.69) is 83.7 Å². The van der Waals surface area contributed by atoms with E-state index >= 15 is 0 Å². The first-order chi connectivity index (χ1) is 14.6. The highest BCUT2D eigenvalue weighted by Gasteiger charge is 2.27. The SMILES string of the molecule is Cc1ccc(C(Br)CBr)cn1.Cc1ncccc1C1Cn2c(nc3ccccc32)S1. The molecule has 0 N–H and O–H groups in total. The second kappa shape index (κ2) is 9.62. The third-order valence-electron chi connectivity index (χ3n) is 5.04. The zero-order valence-corrected chi connectivity index (χ0v) is 20.8. The molecule has 0 saturated carbocycles. The highest BCUT2D eigenvalue weighted by molar-refractivity contribution is 9.12. The number of thioether (sulfide) groups is 1. The van der Waals surface area contributed by atoms with Gasteiger partial charge in [-0.05, 0) is 49.2 Å². The number of pyridine rings is 2. The second-order valence-corrected chi connectivity index (χ2v) is 10.1. The molecule has 3 aromatic heterocycles. The lowest BCUT2D eigenvalue weighted by Crippen LogP contribution is -2.01. The van der Waals surface area contributed by atoms with Gasteiger partial charge >= 0.3 is 0 Å². The lowest BCUT2D eigenvalue weighted by atomic mass is 10.1. The zero-order chi connectivity index (χ0) is 21.1. The number of benzene rings is 1. The number of nitrogens with zero attached hydrogens (tertiary/aromatic N) is 4. The molecular weight excluding hydrogens is 524 g/mol. The Balaban J connectivity index is 0.000000170. The van der Waals surface area contributed by atoms with Gasteiger partial charge in [-0.1, -0.05) is 67.9 Å². The molecule has 0 radical (unpaired) electrons. The van der Waals surface area contributed by atoms with E-state index in [4.69, 9.17) is 4.98 Å². The van der Waals surface area contributed by atoms with Crippen LogP contribution in [0, 0.1) is 13.8 Å². The first kappa shape index (κ1) is 21.5. The molecule has 0 amide bonds. The van der Waals surface area contributed by atoms with Gasteiger partial charge in [-0.2, -0.15) is 0 Å². The van der Waals surface area contributed by atoms with E-state index in [1.807, 2.05) is 49.3 Å². The van der Waals surface area contributed by atoms with Crippen LogP contribution in [0.15, 0.2) is 66.1 Å². The number of hydrogen-bond acceptors (Lipinski definition) is 4. The summed E-state index contributed by atoms with van der Waals surface area (Å²) in [6.07, 6.45) is 3.75. The molecule has 4 aromatic rings. The first-order valence-electron chi connectivity index (χ1n) is 9.73. The van der Waals surface area contributed by atoms with Crippen molar-refractivity contribution in [3.05, 3.63) is 83.4 Å². The number of hydrogen-bond donors (Lipinski definition) is 0. The van der Waals surface area contributed by atoms with E-state index in [1.54, 1.807) is 0 Å². The van der Waals surface area contributed by atoms with Crippen LogP contribution in [-0.2, 0) is 6.54 Å². The Morgan fingerprint density at radius 3 is 2.67 bits per heavy atom. The van der Waals surface area contributed by atoms with E-state index < -0.39 is 0 Å². The fourth-order valence-electron chi connectivity index (χ4n) is 3.40. The standard InChI is InChI=1S/C15H13N3S.C8H9Br2N/c1-10-11(5-4-8-16-10)14-9-18-13-7-3-2-6-12(13)17-15(18)19-14;1-6-2-3-7(5-11-6)8(10)4-9/h2-8,14H,9H2,1H3;2-3,5,8H,4H2,1H3. The van der Waals surface area contributed by atoms with Crippen LogP contribution < -0.4 is 0 Å². The largest absolute Gasteiger partial charge is 0.317 e. The minimum Gasteiger partial charge on any atom is -0.317 e. The molecule has 5 rings (SSSR count). The molecule has 2 unspecified atom stereocenters. The molecule has 0 spiro atoms. The molecule has 1 aromatic carbocycles. The van der Waals surface area contributed by atoms with Crippen molar-refractivity contribution in [3.8, 4) is 0 Å². The fraction of sp³-hybridized carbons (Fsp3) is 0.261. The summed E-state index contributed by atoms with van der Waals surface area (Å²) >= 11 is 8.76. The first-order valence-corrected chi connectivity index (χ1v) is 12.6. The van der Waals surface area contributed by atoms with Gasteiger partial charge in [0.25, 0.3) is 0 Å². The van der Waals surface area contributed by atoms with E-state index in [-0.39, 0.29) is 0 Å². The molecule has 0 bridgehead atoms. The van der Waals surface area contributed by atoms with Gasteiger partial charge in [-0.3, -0.25) is 9.97 Å². The topological polar surface area (TPSA) is 43.6 Å². The summed E-state index contributed by atoms with van der Waals surface area (Å²) in [5.74, 6) is 0. The molecule has 7 heteroatoms. The Bertz CT molecular complexity index is 1140. The van der Waals surface area contributed by atoms with Crippen LogP contribution >= 0.6 is 43.6 Å². The van der Waals surface area contributed by atoms with Gasteiger partial charge in [0.15, 0.2) is 5.16 Å². The minimum absolute atomic E-state index is 0.371. The average molecular weight is 546 g/mol. The lowest BCUT2D eigenvalue weighted by Gasteiger charge is -2.10. The van der Waals surface area contributed by atoms with Crippen molar-refractivity contribution in [2.45, 2.75) is 35.6 Å². The maximum Gasteiger partial charge on any atom is 0.169 e. The molecule has 0 saturated heterocycles. The van der Waals surface area contributed by atoms with E-state index in [1.165, 1.54) is 16.6 Å². The highest BCUT2D eigenvalue weighted by Crippen LogP contribution is 2.44. The maximum absolute atomic E-state index is 4.70. The summed E-state index contributed by atoms with van der Waals surface area (Å²) in [6, 6.07) is 16.6. The van der Waals surface area contributed by atoms with Crippen molar-refractivity contribution in [1.29, 1.82) is 0 Å². The van der Waals surface area contributed by atoms with Crippen LogP contribution in [0.3, 0.4) is 0 Å². The number of para-hydroxylation sites is 2. The van der Waals surface area contributed by atoms with Gasteiger partial charge in [0.1, 0.15) is 0 Å². The number of aryl methyl sites for hydroxylation is 2. The molecular formula is C23H22Br2N4S. The van der Waals surface area contributed by atoms with Crippen molar-refractivity contribution in [2.24, 2.45) is 0 Å². The Hall–Kier alpha value is -1.70. The fourth-order valence-corrected chi connectivity index (χ4v) is 5.35. The third-order valence-corrected chi connectivity index (χ3v) is 8.62. The van der Waals surface area contributed by atoms with Gasteiger partial charge in [0.05, 0.1) is 21.1 Å². The molecule has 1 aliphatic heterocycles. The molecule has 4 heterocycles. The Kier molecular flexibility index (Phi) is 6.91. The summed E-state index contributed by atoms with van der Waals surface area (Å²) in [7, 11) is 0. The Morgan fingerprint density at radius 2 is 1.93 bits per heavy atom. The van der Waals surface area contributed by atoms with Crippen LogP contribution in [0.2, 0.25) is 0 Å². The summed E-state index contributed by atoms with van der Waals surface area (Å²) in [4.78, 5) is 13.7. The minimum atomic E-state index is 0.371. The number of fused-ring (bicyclic) bond motifs is 3. The molecule has 4 nitrogen and oxygen atoms in total. The molecule has 2 atom stereocenters. The van der Waals surface area contributed by atoms with Crippen LogP contribution in [-0.4, -0.2) is 24.8 Å². The lowest BCUT2D eigenvalue weighted by molar-refractivity contribution is 0.679. The zero-order valence-electron chi connectivity index (χ0n) is 16.8. The van der Waals surface area contributed by atoms with Gasteiger partial charge in [0.2, 0.25) is 0 Å². The normalized spacial score (nSPS) is 16.1. The third kappa shape index (κ3) is 4.63. The predicted molar refractivity (Wildman–Crippen MR) is 132 cm³/mol. The van der Waals surface area contributed by atoms with Crippen molar-refractivity contribution >= 4 is 54.7 Å². The number of imidazole rings is 1. The van der Waals surface area contributed by atoms with Crippen molar-refractivity contribution in [3.63, 3.8) is 0 Å². The molecule has 0 aliphatic carbocycles.